The molecule has 0 aliphatic carbocycles. The molecule has 3 heteroatoms. The van der Waals surface area contributed by atoms with Crippen molar-refractivity contribution in [1.82, 2.24) is 0 Å². The van der Waals surface area contributed by atoms with Crippen molar-refractivity contribution in [3.63, 3.8) is 0 Å². The maximum atomic E-state index is 11.0. The van der Waals surface area contributed by atoms with E-state index in [-0.39, 0.29) is 5.76 Å². The van der Waals surface area contributed by atoms with Crippen LogP contribution in [0.15, 0.2) is 36.6 Å². The highest BCUT2D eigenvalue weighted by Crippen LogP contribution is 2.05. The summed E-state index contributed by atoms with van der Waals surface area (Å²) in [6.45, 7) is 7.24. The first-order chi connectivity index (χ1) is 6.15. The van der Waals surface area contributed by atoms with Gasteiger partial charge in [0.1, 0.15) is 0 Å². The second kappa shape index (κ2) is 6.06. The van der Waals surface area contributed by atoms with Crippen molar-refractivity contribution in [1.29, 1.82) is 0 Å². The normalized spacial score (nSPS) is 10.5. The van der Waals surface area contributed by atoms with Crippen molar-refractivity contribution in [2.24, 2.45) is 0 Å². The number of carbonyl (C=O) groups is 1. The first-order valence-electron chi connectivity index (χ1n) is 3.78. The highest BCUT2D eigenvalue weighted by molar-refractivity contribution is 5.86. The first kappa shape index (κ1) is 11.5. The molecule has 0 unspecified atom stereocenters. The lowest BCUT2D eigenvalue weighted by molar-refractivity contribution is -0.139. The molecule has 0 aromatic heterocycles. The molecule has 0 atom stereocenters. The highest BCUT2D eigenvalue weighted by Gasteiger charge is 2.07. The zero-order valence-electron chi connectivity index (χ0n) is 8.00. The van der Waals surface area contributed by atoms with E-state index >= 15 is 0 Å². The summed E-state index contributed by atoms with van der Waals surface area (Å²) in [5.74, 6) is -0.301. The summed E-state index contributed by atoms with van der Waals surface area (Å²) in [5, 5.41) is 0. The van der Waals surface area contributed by atoms with E-state index in [1.807, 2.05) is 0 Å². The molecule has 0 amide bonds. The van der Waals surface area contributed by atoms with E-state index in [2.05, 4.69) is 17.9 Å². The molecule has 0 bridgehead atoms. The van der Waals surface area contributed by atoms with Crippen molar-refractivity contribution in [2.45, 2.75) is 6.42 Å². The van der Waals surface area contributed by atoms with Crippen molar-refractivity contribution in [2.75, 3.05) is 14.2 Å². The SMILES string of the molecule is C=CC(=C)C/C=C(\OC)C(=O)OC. The van der Waals surface area contributed by atoms with Gasteiger partial charge in [-0.05, 0) is 12.5 Å². The predicted octanol–water partition coefficient (Wildman–Crippen LogP) is 1.82. The Labute approximate surface area is 78.3 Å². The number of esters is 1. The molecule has 0 heterocycles. The van der Waals surface area contributed by atoms with Gasteiger partial charge in [-0.15, -0.1) is 0 Å². The van der Waals surface area contributed by atoms with Crippen LogP contribution in [0.1, 0.15) is 6.42 Å². The largest absolute Gasteiger partial charge is 0.490 e. The Balaban J connectivity index is 4.30. The zero-order chi connectivity index (χ0) is 10.3. The lowest BCUT2D eigenvalue weighted by Gasteiger charge is -2.02. The minimum atomic E-state index is -0.487. The van der Waals surface area contributed by atoms with Gasteiger partial charge in [0.2, 0.25) is 5.76 Å². The fraction of sp³-hybridized carbons (Fsp3) is 0.300. The molecular weight excluding hydrogens is 168 g/mol. The van der Waals surface area contributed by atoms with E-state index < -0.39 is 5.97 Å². The van der Waals surface area contributed by atoms with Crippen LogP contribution in [0.3, 0.4) is 0 Å². The van der Waals surface area contributed by atoms with Crippen LogP contribution in [0, 0.1) is 0 Å². The van der Waals surface area contributed by atoms with E-state index in [0.717, 1.165) is 5.57 Å². The minimum Gasteiger partial charge on any atom is -0.490 e. The van der Waals surface area contributed by atoms with Gasteiger partial charge in [-0.25, -0.2) is 4.79 Å². The molecule has 0 radical (unpaired) electrons. The summed E-state index contributed by atoms with van der Waals surface area (Å²) >= 11 is 0. The zero-order valence-corrected chi connectivity index (χ0v) is 8.00. The molecule has 72 valence electrons. The van der Waals surface area contributed by atoms with Gasteiger partial charge in [0, 0.05) is 0 Å². The molecule has 0 rings (SSSR count). The van der Waals surface area contributed by atoms with Crippen molar-refractivity contribution in [3.8, 4) is 0 Å². The maximum absolute atomic E-state index is 11.0. The Morgan fingerprint density at radius 2 is 2.00 bits per heavy atom. The molecule has 13 heavy (non-hydrogen) atoms. The highest BCUT2D eigenvalue weighted by atomic mass is 16.6. The topological polar surface area (TPSA) is 35.5 Å². The molecule has 0 aromatic carbocycles. The van der Waals surface area contributed by atoms with Crippen LogP contribution in [0.4, 0.5) is 0 Å². The van der Waals surface area contributed by atoms with Gasteiger partial charge in [0.05, 0.1) is 14.2 Å². The lowest BCUT2D eigenvalue weighted by Crippen LogP contribution is -2.06. The number of carbonyl (C=O) groups excluding carboxylic acids is 1. The molecule has 0 N–H and O–H groups in total. The molecule has 0 aliphatic heterocycles. The third-order valence-corrected chi connectivity index (χ3v) is 1.44. The summed E-state index contributed by atoms with van der Waals surface area (Å²) in [6, 6.07) is 0. The Kier molecular flexibility index (Phi) is 5.35. The van der Waals surface area contributed by atoms with Crippen LogP contribution in [0.2, 0.25) is 0 Å². The molecule has 0 spiro atoms. The van der Waals surface area contributed by atoms with Crippen LogP contribution in [0.5, 0.6) is 0 Å². The molecule has 0 fully saturated rings. The monoisotopic (exact) mass is 182 g/mol. The summed E-state index contributed by atoms with van der Waals surface area (Å²) < 4.78 is 9.29. The van der Waals surface area contributed by atoms with Crippen molar-refractivity contribution < 1.29 is 14.3 Å². The van der Waals surface area contributed by atoms with Gasteiger partial charge >= 0.3 is 5.97 Å². The maximum Gasteiger partial charge on any atom is 0.372 e. The van der Waals surface area contributed by atoms with E-state index in [0.29, 0.717) is 6.42 Å². The number of methoxy groups -OCH3 is 2. The summed E-state index contributed by atoms with van der Waals surface area (Å²) in [5.41, 5.74) is 0.818. The van der Waals surface area contributed by atoms with Crippen molar-refractivity contribution >= 4 is 5.97 Å². The van der Waals surface area contributed by atoms with E-state index in [1.54, 1.807) is 12.2 Å². The summed E-state index contributed by atoms with van der Waals surface area (Å²) in [4.78, 5) is 11.0. The van der Waals surface area contributed by atoms with Crippen LogP contribution in [-0.4, -0.2) is 20.2 Å². The Morgan fingerprint density at radius 3 is 2.38 bits per heavy atom. The predicted molar refractivity (Wildman–Crippen MR) is 51.1 cm³/mol. The van der Waals surface area contributed by atoms with Crippen LogP contribution in [0.25, 0.3) is 0 Å². The quantitative estimate of drug-likeness (QED) is 0.281. The number of hydrogen-bond acceptors (Lipinski definition) is 3. The molecular formula is C10H14O3. The fourth-order valence-electron chi connectivity index (χ4n) is 0.658. The molecule has 0 aromatic rings. The Hall–Kier alpha value is -1.51. The van der Waals surface area contributed by atoms with Crippen LogP contribution < -0.4 is 0 Å². The third kappa shape index (κ3) is 4.15. The number of ether oxygens (including phenoxy) is 2. The standard InChI is InChI=1S/C10H14O3/c1-5-8(2)6-7-9(12-3)10(11)13-4/h5,7H,1-2,6H2,3-4H3/b9-7-. The number of rotatable bonds is 5. The smallest absolute Gasteiger partial charge is 0.372 e. The third-order valence-electron chi connectivity index (χ3n) is 1.44. The molecule has 0 aliphatic rings. The first-order valence-corrected chi connectivity index (χ1v) is 3.78. The Bertz CT molecular complexity index is 239. The second-order valence-electron chi connectivity index (χ2n) is 2.33. The van der Waals surface area contributed by atoms with Gasteiger partial charge in [-0.3, -0.25) is 0 Å². The number of allylic oxidation sites excluding steroid dienone is 3. The van der Waals surface area contributed by atoms with E-state index in [4.69, 9.17) is 4.74 Å². The lowest BCUT2D eigenvalue weighted by atomic mass is 10.2. The number of hydrogen-bond donors (Lipinski definition) is 0. The average Bonchev–Trinajstić information content (AvgIpc) is 2.17. The van der Waals surface area contributed by atoms with Gasteiger partial charge in [0.25, 0.3) is 0 Å². The summed E-state index contributed by atoms with van der Waals surface area (Å²) in [6.07, 6.45) is 3.76. The Morgan fingerprint density at radius 1 is 1.38 bits per heavy atom. The van der Waals surface area contributed by atoms with Crippen LogP contribution in [-0.2, 0) is 14.3 Å². The van der Waals surface area contributed by atoms with Crippen molar-refractivity contribution in [3.05, 3.63) is 36.6 Å². The van der Waals surface area contributed by atoms with Gasteiger partial charge in [0.15, 0.2) is 0 Å². The second-order valence-corrected chi connectivity index (χ2v) is 2.33. The van der Waals surface area contributed by atoms with Gasteiger partial charge < -0.3 is 9.47 Å². The van der Waals surface area contributed by atoms with Gasteiger partial charge in [-0.2, -0.15) is 0 Å². The van der Waals surface area contributed by atoms with Gasteiger partial charge in [-0.1, -0.05) is 24.8 Å². The molecule has 0 saturated carbocycles. The minimum absolute atomic E-state index is 0.186. The van der Waals surface area contributed by atoms with E-state index in [9.17, 15) is 4.79 Å². The summed E-state index contributed by atoms with van der Waals surface area (Å²) in [7, 11) is 2.72. The molecule has 3 nitrogen and oxygen atoms in total. The molecule has 0 saturated heterocycles. The van der Waals surface area contributed by atoms with Crippen LogP contribution >= 0.6 is 0 Å². The fourth-order valence-corrected chi connectivity index (χ4v) is 0.658. The average molecular weight is 182 g/mol. The van der Waals surface area contributed by atoms with E-state index in [1.165, 1.54) is 14.2 Å².